The van der Waals surface area contributed by atoms with Crippen molar-refractivity contribution in [2.24, 2.45) is 0 Å². The van der Waals surface area contributed by atoms with Crippen LogP contribution in [0.15, 0.2) is 12.7 Å². The monoisotopic (exact) mass is 304 g/mol. The second-order valence-electron chi connectivity index (χ2n) is 4.91. The molecular weight excluding hydrogens is 284 g/mol. The maximum atomic E-state index is 12.1. The van der Waals surface area contributed by atoms with Crippen molar-refractivity contribution in [2.75, 3.05) is 38.2 Å². The average Bonchev–Trinajstić information content (AvgIpc) is 2.68. The Kier molecular flexibility index (Phi) is 5.70. The fraction of sp³-hybridized carbons (Fsp3) is 0.667. The number of carboxylic acid groups (broad SMARTS) is 1. The number of likely N-dealkylation sites (N-methyl/N-ethyl adjacent to an activating group) is 1. The second-order valence-corrected chi connectivity index (χ2v) is 7.14. The van der Waals surface area contributed by atoms with Crippen molar-refractivity contribution in [3.63, 3.8) is 0 Å². The number of carboxylic acids is 1. The van der Waals surface area contributed by atoms with Gasteiger partial charge in [0.05, 0.1) is 24.6 Å². The molecule has 0 aromatic heterocycles. The summed E-state index contributed by atoms with van der Waals surface area (Å²) in [6.45, 7) is 3.48. The molecule has 1 heterocycles. The van der Waals surface area contributed by atoms with Crippen molar-refractivity contribution in [3.8, 4) is 0 Å². The molecule has 0 aromatic carbocycles. The van der Waals surface area contributed by atoms with Crippen molar-refractivity contribution in [3.05, 3.63) is 12.7 Å². The van der Waals surface area contributed by atoms with Gasteiger partial charge in [-0.3, -0.25) is 14.5 Å². The van der Waals surface area contributed by atoms with E-state index in [1.165, 1.54) is 15.9 Å². The van der Waals surface area contributed by atoms with Crippen LogP contribution in [0.2, 0.25) is 0 Å². The van der Waals surface area contributed by atoms with Crippen LogP contribution in [0.3, 0.4) is 0 Å². The summed E-state index contributed by atoms with van der Waals surface area (Å²) >= 11 is 0. The second kappa shape index (κ2) is 6.85. The summed E-state index contributed by atoms with van der Waals surface area (Å²) in [6.07, 6.45) is 1.96. The molecule has 0 radical (unpaired) electrons. The molecule has 0 aromatic rings. The van der Waals surface area contributed by atoms with Crippen LogP contribution >= 0.6 is 0 Å². The number of aliphatic carboxylic acids is 1. The molecule has 8 heteroatoms. The minimum atomic E-state index is -3.05. The highest BCUT2D eigenvalue weighted by Crippen LogP contribution is 2.16. The highest BCUT2D eigenvalue weighted by atomic mass is 32.2. The lowest BCUT2D eigenvalue weighted by Crippen LogP contribution is -2.45. The highest BCUT2D eigenvalue weighted by molar-refractivity contribution is 7.91. The van der Waals surface area contributed by atoms with Crippen molar-refractivity contribution in [1.29, 1.82) is 0 Å². The summed E-state index contributed by atoms with van der Waals surface area (Å²) in [5.41, 5.74) is 0. The number of hydrogen-bond acceptors (Lipinski definition) is 5. The molecule has 1 atom stereocenters. The first-order chi connectivity index (χ1) is 9.25. The van der Waals surface area contributed by atoms with Gasteiger partial charge in [-0.25, -0.2) is 8.42 Å². The Labute approximate surface area is 118 Å². The van der Waals surface area contributed by atoms with E-state index in [9.17, 15) is 18.0 Å². The van der Waals surface area contributed by atoms with Gasteiger partial charge in [0.25, 0.3) is 0 Å². The van der Waals surface area contributed by atoms with E-state index in [0.29, 0.717) is 6.42 Å². The molecule has 0 spiro atoms. The minimum absolute atomic E-state index is 0.0182. The van der Waals surface area contributed by atoms with E-state index in [1.54, 1.807) is 7.05 Å². The Morgan fingerprint density at radius 1 is 1.40 bits per heavy atom. The van der Waals surface area contributed by atoms with Gasteiger partial charge in [-0.15, -0.1) is 6.58 Å². The first-order valence-electron chi connectivity index (χ1n) is 6.26. The van der Waals surface area contributed by atoms with E-state index in [0.717, 1.165) is 0 Å². The number of carbonyl (C=O) groups excluding carboxylic acids is 1. The molecule has 1 amide bonds. The fourth-order valence-corrected chi connectivity index (χ4v) is 3.92. The van der Waals surface area contributed by atoms with Gasteiger partial charge in [-0.05, 0) is 6.42 Å². The molecule has 1 rings (SSSR count). The molecule has 7 nitrogen and oxygen atoms in total. The van der Waals surface area contributed by atoms with Gasteiger partial charge in [0.15, 0.2) is 9.84 Å². The molecule has 1 fully saturated rings. The van der Waals surface area contributed by atoms with Crippen molar-refractivity contribution >= 4 is 21.7 Å². The van der Waals surface area contributed by atoms with Crippen LogP contribution in [-0.4, -0.2) is 79.4 Å². The van der Waals surface area contributed by atoms with E-state index < -0.39 is 15.8 Å². The zero-order valence-corrected chi connectivity index (χ0v) is 12.3. The Balaban J connectivity index is 2.59. The summed E-state index contributed by atoms with van der Waals surface area (Å²) in [6, 6.07) is -0.317. The van der Waals surface area contributed by atoms with Crippen LogP contribution in [0.25, 0.3) is 0 Å². The molecule has 1 aliphatic rings. The van der Waals surface area contributed by atoms with Gasteiger partial charge >= 0.3 is 5.97 Å². The van der Waals surface area contributed by atoms with E-state index in [-0.39, 0.29) is 43.1 Å². The van der Waals surface area contributed by atoms with Crippen molar-refractivity contribution in [1.82, 2.24) is 9.80 Å². The number of hydrogen-bond donors (Lipinski definition) is 1. The molecule has 1 unspecified atom stereocenters. The Morgan fingerprint density at radius 3 is 2.50 bits per heavy atom. The minimum Gasteiger partial charge on any atom is -0.480 e. The van der Waals surface area contributed by atoms with Crippen molar-refractivity contribution in [2.45, 2.75) is 12.5 Å². The molecule has 114 valence electrons. The molecule has 1 aliphatic heterocycles. The normalized spacial score (nSPS) is 20.8. The third kappa shape index (κ3) is 4.93. The Bertz CT molecular complexity index is 488. The topological polar surface area (TPSA) is 95.0 Å². The first kappa shape index (κ1) is 16.6. The maximum absolute atomic E-state index is 12.1. The van der Waals surface area contributed by atoms with E-state index in [2.05, 4.69) is 6.58 Å². The quantitative estimate of drug-likeness (QED) is 0.619. The summed E-state index contributed by atoms with van der Waals surface area (Å²) < 4.78 is 22.8. The summed E-state index contributed by atoms with van der Waals surface area (Å²) in [7, 11) is -1.49. The van der Waals surface area contributed by atoms with Crippen LogP contribution in [0.4, 0.5) is 0 Å². The molecule has 0 bridgehead atoms. The standard InChI is InChI=1S/C12H20N2O5S/c1-3-5-14(8-12(16)17)7-11(15)13(2)10-4-6-20(18,19)9-10/h3,10H,1,4-9H2,2H3,(H,16,17). The summed E-state index contributed by atoms with van der Waals surface area (Å²) in [5, 5.41) is 8.76. The predicted molar refractivity (Wildman–Crippen MR) is 74.1 cm³/mol. The van der Waals surface area contributed by atoms with Crippen LogP contribution in [0.5, 0.6) is 0 Å². The zero-order chi connectivity index (χ0) is 15.3. The van der Waals surface area contributed by atoms with E-state index in [4.69, 9.17) is 5.11 Å². The SMILES string of the molecule is C=CCN(CC(=O)O)CC(=O)N(C)C1CCS(=O)(=O)C1. The molecular formula is C12H20N2O5S. The number of amides is 1. The number of carbonyl (C=O) groups is 2. The van der Waals surface area contributed by atoms with Crippen LogP contribution in [0.1, 0.15) is 6.42 Å². The summed E-state index contributed by atoms with van der Waals surface area (Å²) in [5.74, 6) is -1.22. The molecule has 0 aliphatic carbocycles. The van der Waals surface area contributed by atoms with E-state index in [1.807, 2.05) is 0 Å². The highest BCUT2D eigenvalue weighted by Gasteiger charge is 2.33. The zero-order valence-electron chi connectivity index (χ0n) is 11.5. The van der Waals surface area contributed by atoms with Gasteiger partial charge in [-0.2, -0.15) is 0 Å². The third-order valence-electron chi connectivity index (χ3n) is 3.25. The largest absolute Gasteiger partial charge is 0.480 e. The Morgan fingerprint density at radius 2 is 2.05 bits per heavy atom. The van der Waals surface area contributed by atoms with Gasteiger partial charge in [0, 0.05) is 19.6 Å². The van der Waals surface area contributed by atoms with Gasteiger partial charge in [-0.1, -0.05) is 6.08 Å². The van der Waals surface area contributed by atoms with Crippen LogP contribution in [-0.2, 0) is 19.4 Å². The number of rotatable bonds is 7. The van der Waals surface area contributed by atoms with Gasteiger partial charge in [0.1, 0.15) is 0 Å². The molecule has 20 heavy (non-hydrogen) atoms. The maximum Gasteiger partial charge on any atom is 0.317 e. The fourth-order valence-electron chi connectivity index (χ4n) is 2.15. The lowest BCUT2D eigenvalue weighted by Gasteiger charge is -2.26. The van der Waals surface area contributed by atoms with Crippen LogP contribution < -0.4 is 0 Å². The lowest BCUT2D eigenvalue weighted by atomic mass is 10.2. The smallest absolute Gasteiger partial charge is 0.317 e. The van der Waals surface area contributed by atoms with Gasteiger partial charge < -0.3 is 10.0 Å². The van der Waals surface area contributed by atoms with E-state index >= 15 is 0 Å². The number of nitrogens with zero attached hydrogens (tertiary/aromatic N) is 2. The van der Waals surface area contributed by atoms with Crippen LogP contribution in [0, 0.1) is 0 Å². The molecule has 1 N–H and O–H groups in total. The van der Waals surface area contributed by atoms with Crippen molar-refractivity contribution < 1.29 is 23.1 Å². The lowest BCUT2D eigenvalue weighted by molar-refractivity contribution is -0.139. The number of sulfone groups is 1. The average molecular weight is 304 g/mol. The Hall–Kier alpha value is -1.41. The predicted octanol–water partition coefficient (Wildman–Crippen LogP) is -0.795. The van der Waals surface area contributed by atoms with Gasteiger partial charge in [0.2, 0.25) is 5.91 Å². The summed E-state index contributed by atoms with van der Waals surface area (Å²) in [4.78, 5) is 25.6. The molecule has 0 saturated carbocycles. The first-order valence-corrected chi connectivity index (χ1v) is 8.08. The molecule has 1 saturated heterocycles. The third-order valence-corrected chi connectivity index (χ3v) is 5.00.